The smallest absolute Gasteiger partial charge is 0.181 e. The number of carbonyl (C=O) groups excluding carboxylic acids is 3. The van der Waals surface area contributed by atoms with Crippen LogP contribution in [0.5, 0.6) is 0 Å². The molecule has 3 heteroatoms. The van der Waals surface area contributed by atoms with Gasteiger partial charge in [-0.15, -0.1) is 0 Å². The van der Waals surface area contributed by atoms with E-state index >= 15 is 0 Å². The lowest BCUT2D eigenvalue weighted by Gasteiger charge is -2.07. The van der Waals surface area contributed by atoms with Gasteiger partial charge in [0, 0.05) is 17.5 Å². The molecule has 0 fully saturated rings. The van der Waals surface area contributed by atoms with Crippen molar-refractivity contribution in [3.63, 3.8) is 0 Å². The van der Waals surface area contributed by atoms with E-state index in [0.717, 1.165) is 12.8 Å². The van der Waals surface area contributed by atoms with Crippen molar-refractivity contribution in [2.75, 3.05) is 0 Å². The van der Waals surface area contributed by atoms with E-state index in [9.17, 15) is 14.4 Å². The van der Waals surface area contributed by atoms with Gasteiger partial charge in [0.05, 0.1) is 0 Å². The van der Waals surface area contributed by atoms with Gasteiger partial charge in [-0.25, -0.2) is 0 Å². The number of rotatable bonds is 5. The fourth-order valence-corrected chi connectivity index (χ4v) is 2.46. The number of fused-ring (bicyclic) bond motifs is 1. The second kappa shape index (κ2) is 5.47. The first-order valence-corrected chi connectivity index (χ1v) is 6.72. The van der Waals surface area contributed by atoms with Crippen LogP contribution in [-0.2, 0) is 4.79 Å². The summed E-state index contributed by atoms with van der Waals surface area (Å²) in [5.74, 6) is -1.43. The Kier molecular flexibility index (Phi) is 3.93. The average molecular weight is 258 g/mol. The van der Waals surface area contributed by atoms with Gasteiger partial charge in [0.2, 0.25) is 0 Å². The van der Waals surface area contributed by atoms with Crippen LogP contribution in [0.4, 0.5) is 0 Å². The first kappa shape index (κ1) is 13.7. The van der Waals surface area contributed by atoms with Crippen LogP contribution in [0.3, 0.4) is 0 Å². The van der Waals surface area contributed by atoms with Crippen molar-refractivity contribution < 1.29 is 14.4 Å². The molecule has 3 nitrogen and oxygen atoms in total. The van der Waals surface area contributed by atoms with Gasteiger partial charge >= 0.3 is 0 Å². The molecule has 0 aliphatic heterocycles. The number of hydrogen-bond acceptors (Lipinski definition) is 3. The average Bonchev–Trinajstić information content (AvgIpc) is 2.62. The SMILES string of the molecule is CC(C)CCCC(=O)C1C(=O)c2ccccc2C1=O. The van der Waals surface area contributed by atoms with Crippen molar-refractivity contribution >= 4 is 17.3 Å². The van der Waals surface area contributed by atoms with Gasteiger partial charge in [0.1, 0.15) is 5.92 Å². The molecule has 1 aromatic carbocycles. The molecule has 19 heavy (non-hydrogen) atoms. The van der Waals surface area contributed by atoms with Crippen LogP contribution in [0.2, 0.25) is 0 Å². The van der Waals surface area contributed by atoms with Gasteiger partial charge in [0.25, 0.3) is 0 Å². The molecular weight excluding hydrogens is 240 g/mol. The highest BCUT2D eigenvalue weighted by Crippen LogP contribution is 2.28. The minimum Gasteiger partial charge on any atom is -0.298 e. The Labute approximate surface area is 113 Å². The van der Waals surface area contributed by atoms with E-state index in [4.69, 9.17) is 0 Å². The topological polar surface area (TPSA) is 51.2 Å². The molecule has 0 amide bonds. The molecule has 0 saturated heterocycles. The van der Waals surface area contributed by atoms with Crippen LogP contribution < -0.4 is 0 Å². The Bertz CT molecular complexity index is 494. The molecule has 0 saturated carbocycles. The summed E-state index contributed by atoms with van der Waals surface area (Å²) in [5.41, 5.74) is 0.796. The van der Waals surface area contributed by atoms with Crippen LogP contribution in [-0.4, -0.2) is 17.3 Å². The lowest BCUT2D eigenvalue weighted by atomic mass is 9.93. The summed E-state index contributed by atoms with van der Waals surface area (Å²) < 4.78 is 0. The molecule has 0 bridgehead atoms. The van der Waals surface area contributed by atoms with Crippen LogP contribution in [0.15, 0.2) is 24.3 Å². The van der Waals surface area contributed by atoms with Crippen molar-refractivity contribution in [1.29, 1.82) is 0 Å². The Morgan fingerprint density at radius 1 is 1.11 bits per heavy atom. The van der Waals surface area contributed by atoms with E-state index in [2.05, 4.69) is 13.8 Å². The summed E-state index contributed by atoms with van der Waals surface area (Å²) in [6.45, 7) is 4.18. The molecule has 0 atom stereocenters. The van der Waals surface area contributed by atoms with Gasteiger partial charge in [-0.2, -0.15) is 0 Å². The third kappa shape index (κ3) is 2.65. The quantitative estimate of drug-likeness (QED) is 0.763. The summed E-state index contributed by atoms with van der Waals surface area (Å²) in [6.07, 6.45) is 1.99. The van der Waals surface area contributed by atoms with Gasteiger partial charge < -0.3 is 0 Å². The third-order valence-corrected chi connectivity index (χ3v) is 3.51. The fourth-order valence-electron chi connectivity index (χ4n) is 2.46. The molecule has 2 rings (SSSR count). The molecule has 0 aromatic heterocycles. The van der Waals surface area contributed by atoms with Crippen LogP contribution in [0.1, 0.15) is 53.8 Å². The van der Waals surface area contributed by atoms with E-state index in [-0.39, 0.29) is 17.3 Å². The molecule has 0 radical (unpaired) electrons. The number of ketones is 3. The zero-order valence-corrected chi connectivity index (χ0v) is 11.3. The van der Waals surface area contributed by atoms with Crippen molar-refractivity contribution in [3.8, 4) is 0 Å². The maximum absolute atomic E-state index is 12.1. The van der Waals surface area contributed by atoms with Gasteiger partial charge in [0.15, 0.2) is 17.3 Å². The number of hydrogen-bond donors (Lipinski definition) is 0. The zero-order chi connectivity index (χ0) is 14.0. The molecule has 0 unspecified atom stereocenters. The predicted octanol–water partition coefficient (Wildman–Crippen LogP) is 3.08. The molecule has 1 aromatic rings. The van der Waals surface area contributed by atoms with Crippen molar-refractivity contribution in [2.45, 2.75) is 33.1 Å². The van der Waals surface area contributed by atoms with E-state index in [1.807, 2.05) is 0 Å². The van der Waals surface area contributed by atoms with E-state index in [1.165, 1.54) is 0 Å². The Hall–Kier alpha value is -1.77. The molecule has 100 valence electrons. The summed E-state index contributed by atoms with van der Waals surface area (Å²) in [4.78, 5) is 36.3. The lowest BCUT2D eigenvalue weighted by Crippen LogP contribution is -2.25. The Morgan fingerprint density at radius 2 is 1.63 bits per heavy atom. The third-order valence-electron chi connectivity index (χ3n) is 3.51. The summed E-state index contributed by atoms with van der Waals surface area (Å²) in [6, 6.07) is 6.68. The molecule has 0 N–H and O–H groups in total. The highest BCUT2D eigenvalue weighted by molar-refractivity contribution is 6.35. The van der Waals surface area contributed by atoms with Gasteiger partial charge in [-0.3, -0.25) is 14.4 Å². The highest BCUT2D eigenvalue weighted by Gasteiger charge is 2.42. The summed E-state index contributed by atoms with van der Waals surface area (Å²) >= 11 is 0. The standard InChI is InChI=1S/C16H18O3/c1-10(2)6-5-9-13(17)14-15(18)11-7-3-4-8-12(11)16(14)19/h3-4,7-8,10,14H,5-6,9H2,1-2H3. The Morgan fingerprint density at radius 3 is 2.11 bits per heavy atom. The van der Waals surface area contributed by atoms with Gasteiger partial charge in [-0.05, 0) is 12.3 Å². The van der Waals surface area contributed by atoms with E-state index in [1.54, 1.807) is 24.3 Å². The maximum Gasteiger partial charge on any atom is 0.181 e. The second-order valence-corrected chi connectivity index (χ2v) is 5.46. The second-order valence-electron chi connectivity index (χ2n) is 5.46. The number of benzene rings is 1. The lowest BCUT2D eigenvalue weighted by molar-refractivity contribution is -0.120. The minimum absolute atomic E-state index is 0.230. The molecule has 1 aliphatic rings. The van der Waals surface area contributed by atoms with E-state index < -0.39 is 5.92 Å². The van der Waals surface area contributed by atoms with Crippen LogP contribution in [0.25, 0.3) is 0 Å². The first-order chi connectivity index (χ1) is 9.02. The zero-order valence-electron chi connectivity index (χ0n) is 11.3. The maximum atomic E-state index is 12.1. The molecule has 0 spiro atoms. The predicted molar refractivity (Wildman–Crippen MR) is 72.3 cm³/mol. The fraction of sp³-hybridized carbons (Fsp3) is 0.438. The molecule has 1 aliphatic carbocycles. The van der Waals surface area contributed by atoms with Gasteiger partial charge in [-0.1, -0.05) is 44.5 Å². The molecular formula is C16H18O3. The first-order valence-electron chi connectivity index (χ1n) is 6.72. The van der Waals surface area contributed by atoms with Crippen molar-refractivity contribution in [3.05, 3.63) is 35.4 Å². The van der Waals surface area contributed by atoms with Crippen LogP contribution >= 0.6 is 0 Å². The Balaban J connectivity index is 2.09. The van der Waals surface area contributed by atoms with Crippen LogP contribution in [0, 0.1) is 11.8 Å². The minimum atomic E-state index is -1.08. The van der Waals surface area contributed by atoms with Crippen molar-refractivity contribution in [1.82, 2.24) is 0 Å². The summed E-state index contributed by atoms with van der Waals surface area (Å²) in [5, 5.41) is 0. The number of Topliss-reactive ketones (excluding diaryl/α,β-unsaturated/α-hetero) is 3. The molecule has 0 heterocycles. The summed E-state index contributed by atoms with van der Waals surface area (Å²) in [7, 11) is 0. The highest BCUT2D eigenvalue weighted by atomic mass is 16.2. The monoisotopic (exact) mass is 258 g/mol. The number of carbonyl (C=O) groups is 3. The largest absolute Gasteiger partial charge is 0.298 e. The normalized spacial score (nSPS) is 15.1. The van der Waals surface area contributed by atoms with E-state index in [0.29, 0.717) is 23.5 Å². The van der Waals surface area contributed by atoms with Crippen molar-refractivity contribution in [2.24, 2.45) is 11.8 Å².